The number of nitrogens with one attached hydrogen (secondary N) is 1. The zero-order valence-corrected chi connectivity index (χ0v) is 18.1. The Hall–Kier alpha value is -2.05. The molecule has 0 heterocycles. The third-order valence-corrected chi connectivity index (χ3v) is 6.06. The lowest BCUT2D eigenvalue weighted by Crippen LogP contribution is -2.40. The maximum Gasteiger partial charge on any atom is 0.261 e. The molecule has 7 heteroatoms. The zero-order valence-electron chi connectivity index (χ0n) is 16.5. The normalized spacial score (nSPS) is 13.6. The lowest BCUT2D eigenvalue weighted by molar-refractivity contribution is -0.128. The summed E-state index contributed by atoms with van der Waals surface area (Å²) in [5.41, 5.74) is 1.73. The van der Waals surface area contributed by atoms with Crippen LogP contribution in [0.25, 0.3) is 0 Å². The van der Waals surface area contributed by atoms with Crippen molar-refractivity contribution in [2.75, 3.05) is 6.26 Å². The van der Waals surface area contributed by atoms with Crippen molar-refractivity contribution in [2.24, 2.45) is 0 Å². The maximum atomic E-state index is 12.7. The van der Waals surface area contributed by atoms with Crippen LogP contribution in [0, 0.1) is 6.92 Å². The maximum absolute atomic E-state index is 12.7. The molecule has 2 rings (SSSR count). The van der Waals surface area contributed by atoms with Crippen LogP contribution in [0.1, 0.15) is 43.9 Å². The summed E-state index contributed by atoms with van der Waals surface area (Å²) >= 11 is 6.04. The number of aryl methyl sites for hydroxylation is 1. The Morgan fingerprint density at radius 2 is 1.75 bits per heavy atom. The van der Waals surface area contributed by atoms with Crippen molar-refractivity contribution in [3.05, 3.63) is 58.6 Å². The molecule has 2 aromatic rings. The van der Waals surface area contributed by atoms with Gasteiger partial charge in [0.05, 0.1) is 10.9 Å². The molecule has 1 N–H and O–H groups in total. The molecule has 0 bridgehead atoms. The Labute approximate surface area is 172 Å². The predicted octanol–water partition coefficient (Wildman–Crippen LogP) is 4.48. The van der Waals surface area contributed by atoms with Crippen molar-refractivity contribution >= 4 is 27.3 Å². The second kappa shape index (κ2) is 9.43. The topological polar surface area (TPSA) is 72.5 Å². The SMILES string of the molecule is CC[C@H](NC(=O)[C@@H](CC)Oc1ccc(Cl)c(C)c1)c1ccc(S(C)(=O)=O)cc1. The Morgan fingerprint density at radius 1 is 1.11 bits per heavy atom. The molecule has 0 aliphatic carbocycles. The van der Waals surface area contributed by atoms with Crippen molar-refractivity contribution in [3.63, 3.8) is 0 Å². The van der Waals surface area contributed by atoms with Gasteiger partial charge in [0.2, 0.25) is 0 Å². The molecule has 0 aromatic heterocycles. The molecule has 2 atom stereocenters. The second-order valence-corrected chi connectivity index (χ2v) is 9.16. The smallest absolute Gasteiger partial charge is 0.261 e. The molecule has 2 aromatic carbocycles. The molecule has 0 radical (unpaired) electrons. The van der Waals surface area contributed by atoms with Crippen LogP contribution in [-0.4, -0.2) is 26.7 Å². The summed E-state index contributed by atoms with van der Waals surface area (Å²) in [6.45, 7) is 5.72. The molecule has 0 aliphatic rings. The van der Waals surface area contributed by atoms with Gasteiger partial charge in [-0.25, -0.2) is 8.42 Å². The molecule has 152 valence electrons. The number of carbonyl (C=O) groups is 1. The minimum absolute atomic E-state index is 0.214. The highest BCUT2D eigenvalue weighted by Gasteiger charge is 2.22. The van der Waals surface area contributed by atoms with E-state index in [1.165, 1.54) is 6.26 Å². The van der Waals surface area contributed by atoms with Gasteiger partial charge in [0.1, 0.15) is 5.75 Å². The van der Waals surface area contributed by atoms with Crippen LogP contribution in [0.15, 0.2) is 47.4 Å². The first-order valence-electron chi connectivity index (χ1n) is 9.18. The Bertz CT molecular complexity index is 926. The number of ether oxygens (including phenoxy) is 1. The zero-order chi connectivity index (χ0) is 20.9. The minimum Gasteiger partial charge on any atom is -0.481 e. The van der Waals surface area contributed by atoms with Gasteiger partial charge < -0.3 is 10.1 Å². The van der Waals surface area contributed by atoms with Gasteiger partial charge in [-0.1, -0.05) is 37.6 Å². The van der Waals surface area contributed by atoms with E-state index in [4.69, 9.17) is 16.3 Å². The molecular formula is C21H26ClNO4S. The van der Waals surface area contributed by atoms with Crippen molar-refractivity contribution in [2.45, 2.75) is 50.7 Å². The quantitative estimate of drug-likeness (QED) is 0.679. The Kier molecular flexibility index (Phi) is 7.49. The van der Waals surface area contributed by atoms with E-state index >= 15 is 0 Å². The summed E-state index contributed by atoms with van der Waals surface area (Å²) < 4.78 is 29.1. The molecule has 28 heavy (non-hydrogen) atoms. The molecule has 0 spiro atoms. The lowest BCUT2D eigenvalue weighted by atomic mass is 10.0. The molecule has 0 saturated heterocycles. The van der Waals surface area contributed by atoms with Crippen molar-refractivity contribution in [1.29, 1.82) is 0 Å². The second-order valence-electron chi connectivity index (χ2n) is 6.74. The number of hydrogen-bond acceptors (Lipinski definition) is 4. The molecular weight excluding hydrogens is 398 g/mol. The van der Waals surface area contributed by atoms with Crippen LogP contribution >= 0.6 is 11.6 Å². The number of sulfone groups is 1. The number of rotatable bonds is 8. The summed E-state index contributed by atoms with van der Waals surface area (Å²) in [5.74, 6) is 0.378. The first-order valence-corrected chi connectivity index (χ1v) is 11.5. The summed E-state index contributed by atoms with van der Waals surface area (Å²) in [6, 6.07) is 11.6. The van der Waals surface area contributed by atoms with Gasteiger partial charge in [-0.15, -0.1) is 0 Å². The fourth-order valence-corrected chi connectivity index (χ4v) is 3.56. The number of hydrogen-bond donors (Lipinski definition) is 1. The van der Waals surface area contributed by atoms with Crippen LogP contribution in [0.2, 0.25) is 5.02 Å². The Balaban J connectivity index is 2.11. The predicted molar refractivity (Wildman–Crippen MR) is 112 cm³/mol. The molecule has 5 nitrogen and oxygen atoms in total. The van der Waals surface area contributed by atoms with Gasteiger partial charge in [0.25, 0.3) is 5.91 Å². The fraction of sp³-hybridized carbons (Fsp3) is 0.381. The number of benzene rings is 2. The summed E-state index contributed by atoms with van der Waals surface area (Å²) in [7, 11) is -3.25. The van der Waals surface area contributed by atoms with Crippen LogP contribution in [0.3, 0.4) is 0 Å². The van der Waals surface area contributed by atoms with E-state index < -0.39 is 15.9 Å². The van der Waals surface area contributed by atoms with E-state index in [9.17, 15) is 13.2 Å². The van der Waals surface area contributed by atoms with Gasteiger partial charge in [0.15, 0.2) is 15.9 Å². The monoisotopic (exact) mass is 423 g/mol. The van der Waals surface area contributed by atoms with E-state index in [1.807, 2.05) is 20.8 Å². The molecule has 0 saturated carbocycles. The third-order valence-electron chi connectivity index (χ3n) is 4.51. The molecule has 1 amide bonds. The lowest BCUT2D eigenvalue weighted by Gasteiger charge is -2.23. The van der Waals surface area contributed by atoms with Gasteiger partial charge in [-0.3, -0.25) is 4.79 Å². The number of halogens is 1. The first kappa shape index (κ1) is 22.2. The summed E-state index contributed by atoms with van der Waals surface area (Å²) in [4.78, 5) is 13.0. The van der Waals surface area contributed by atoms with Crippen LogP contribution in [-0.2, 0) is 14.6 Å². The third kappa shape index (κ3) is 5.72. The van der Waals surface area contributed by atoms with Crippen molar-refractivity contribution in [3.8, 4) is 5.75 Å². The van der Waals surface area contributed by atoms with E-state index in [0.29, 0.717) is 23.6 Å². The first-order chi connectivity index (χ1) is 13.2. The minimum atomic E-state index is -3.25. The van der Waals surface area contributed by atoms with E-state index in [0.717, 1.165) is 11.1 Å². The fourth-order valence-electron chi connectivity index (χ4n) is 2.81. The Morgan fingerprint density at radius 3 is 2.25 bits per heavy atom. The largest absolute Gasteiger partial charge is 0.481 e. The van der Waals surface area contributed by atoms with Crippen LogP contribution < -0.4 is 10.1 Å². The van der Waals surface area contributed by atoms with Gasteiger partial charge in [-0.2, -0.15) is 0 Å². The average molecular weight is 424 g/mol. The highest BCUT2D eigenvalue weighted by atomic mass is 35.5. The molecule has 0 unspecified atom stereocenters. The standard InChI is InChI=1S/C21H26ClNO4S/c1-5-19(15-7-10-17(11-8-15)28(4,25)26)23-21(24)20(6-2)27-16-9-12-18(22)14(3)13-16/h7-13,19-20H,5-6H2,1-4H3,(H,23,24)/t19-,20+/m0/s1. The van der Waals surface area contributed by atoms with E-state index in [2.05, 4.69) is 5.32 Å². The number of amides is 1. The van der Waals surface area contributed by atoms with E-state index in [-0.39, 0.29) is 16.8 Å². The van der Waals surface area contributed by atoms with Gasteiger partial charge >= 0.3 is 0 Å². The van der Waals surface area contributed by atoms with Crippen molar-refractivity contribution < 1.29 is 17.9 Å². The molecule has 0 fully saturated rings. The van der Waals surface area contributed by atoms with Crippen LogP contribution in [0.4, 0.5) is 0 Å². The van der Waals surface area contributed by atoms with Crippen LogP contribution in [0.5, 0.6) is 5.75 Å². The van der Waals surface area contributed by atoms with Gasteiger partial charge in [-0.05, 0) is 61.2 Å². The highest BCUT2D eigenvalue weighted by Crippen LogP contribution is 2.23. The van der Waals surface area contributed by atoms with Gasteiger partial charge in [0, 0.05) is 11.3 Å². The highest BCUT2D eigenvalue weighted by molar-refractivity contribution is 7.90. The number of carbonyl (C=O) groups excluding carboxylic acids is 1. The molecule has 0 aliphatic heterocycles. The average Bonchev–Trinajstić information content (AvgIpc) is 2.66. The van der Waals surface area contributed by atoms with E-state index in [1.54, 1.807) is 42.5 Å². The van der Waals surface area contributed by atoms with Crippen molar-refractivity contribution in [1.82, 2.24) is 5.32 Å². The summed E-state index contributed by atoms with van der Waals surface area (Å²) in [6.07, 6.45) is 1.71. The summed E-state index contributed by atoms with van der Waals surface area (Å²) in [5, 5.41) is 3.65.